The Balaban J connectivity index is 2.14. The Morgan fingerprint density at radius 1 is 1.83 bits per heavy atom. The molecule has 0 unspecified atom stereocenters. The molecule has 1 aliphatic rings. The van der Waals surface area contributed by atoms with Crippen molar-refractivity contribution < 1.29 is 14.6 Å². The molecule has 1 amide bonds. The van der Waals surface area contributed by atoms with Crippen LogP contribution in [0.4, 0.5) is 4.79 Å². The van der Waals surface area contributed by atoms with Gasteiger partial charge in [-0.15, -0.1) is 11.3 Å². The zero-order valence-electron chi connectivity index (χ0n) is 9.67. The zero-order chi connectivity index (χ0) is 13.1. The van der Waals surface area contributed by atoms with Gasteiger partial charge in [0, 0.05) is 17.5 Å². The number of ether oxygens (including phenoxy) is 1. The van der Waals surface area contributed by atoms with Gasteiger partial charge in [-0.3, -0.25) is 4.90 Å². The van der Waals surface area contributed by atoms with E-state index in [0.29, 0.717) is 10.4 Å². The lowest BCUT2D eigenvalue weighted by molar-refractivity contribution is 0.102. The summed E-state index contributed by atoms with van der Waals surface area (Å²) in [5, 5.41) is 11.6. The quantitative estimate of drug-likeness (QED) is 0.660. The molecule has 2 atom stereocenters. The Morgan fingerprint density at radius 3 is 3.22 bits per heavy atom. The summed E-state index contributed by atoms with van der Waals surface area (Å²) in [5.74, 6) is 0. The molecule has 2 rings (SSSR count). The van der Waals surface area contributed by atoms with E-state index < -0.39 is 12.2 Å². The van der Waals surface area contributed by atoms with Gasteiger partial charge in [0.2, 0.25) is 0 Å². The molecule has 7 heteroatoms. The highest BCUT2D eigenvalue weighted by molar-refractivity contribution is 7.73. The normalized spacial score (nSPS) is 23.1. The number of β-amino-alcohol motifs (C(OH)–C–C–N with tert-alkyl or cyclic N) is 1. The number of likely N-dealkylation sites (tertiary alicyclic amines) is 1. The van der Waals surface area contributed by atoms with Crippen LogP contribution in [-0.4, -0.2) is 40.3 Å². The summed E-state index contributed by atoms with van der Waals surface area (Å²) in [6.07, 6.45) is 1.03. The first kappa shape index (κ1) is 13.3. The van der Waals surface area contributed by atoms with Gasteiger partial charge in [0.25, 0.3) is 0 Å². The van der Waals surface area contributed by atoms with E-state index in [1.807, 2.05) is 5.38 Å². The third kappa shape index (κ3) is 2.80. The van der Waals surface area contributed by atoms with Crippen LogP contribution in [-0.2, 0) is 4.74 Å². The molecule has 1 aromatic rings. The van der Waals surface area contributed by atoms with E-state index in [1.54, 1.807) is 0 Å². The Bertz CT molecular complexity index is 496. The number of rotatable bonds is 3. The van der Waals surface area contributed by atoms with Crippen LogP contribution < -0.4 is 0 Å². The number of H-pyrrole nitrogens is 1. The number of nitrogens with one attached hydrogen (secondary N) is 1. The van der Waals surface area contributed by atoms with Crippen LogP contribution in [0.1, 0.15) is 18.2 Å². The van der Waals surface area contributed by atoms with E-state index >= 15 is 0 Å². The van der Waals surface area contributed by atoms with Gasteiger partial charge < -0.3 is 14.8 Å². The predicted octanol–water partition coefficient (Wildman–Crippen LogP) is 2.24. The summed E-state index contributed by atoms with van der Waals surface area (Å²) in [6, 6.07) is -0.203. The molecule has 0 bridgehead atoms. The lowest BCUT2D eigenvalue weighted by Gasteiger charge is -2.22. The Labute approximate surface area is 114 Å². The average Bonchev–Trinajstić information content (AvgIpc) is 2.92. The molecule has 2 N–H and O–H groups in total. The maximum atomic E-state index is 11.8. The average molecular weight is 286 g/mol. The van der Waals surface area contributed by atoms with Gasteiger partial charge in [-0.2, -0.15) is 0 Å². The van der Waals surface area contributed by atoms with Gasteiger partial charge in [0.15, 0.2) is 3.95 Å². The third-order valence-corrected chi connectivity index (χ3v) is 3.82. The molecule has 0 radical (unpaired) electrons. The van der Waals surface area contributed by atoms with Crippen molar-refractivity contribution in [3.8, 4) is 0 Å². The second kappa shape index (κ2) is 5.64. The standard InChI is InChI=1S/C11H14N2O3S2/c1-2-3-16-11(15)13-5-7(14)4-9(13)8-6-18-10(17)12-8/h2,6-7,9,14H,1,3-5H2,(H,12,17)/t7-,9-/m0/s1. The molecule has 0 aromatic carbocycles. The van der Waals surface area contributed by atoms with Gasteiger partial charge in [-0.05, 0) is 12.2 Å². The molecule has 1 aromatic heterocycles. The lowest BCUT2D eigenvalue weighted by atomic mass is 10.1. The van der Waals surface area contributed by atoms with E-state index in [-0.39, 0.29) is 19.2 Å². The summed E-state index contributed by atoms with van der Waals surface area (Å²) in [4.78, 5) is 16.4. The van der Waals surface area contributed by atoms with Gasteiger partial charge >= 0.3 is 6.09 Å². The molecular formula is C11H14N2O3S2. The van der Waals surface area contributed by atoms with E-state index in [2.05, 4.69) is 11.6 Å². The van der Waals surface area contributed by atoms with Gasteiger partial charge in [0.1, 0.15) is 6.61 Å². The monoisotopic (exact) mass is 286 g/mol. The van der Waals surface area contributed by atoms with Crippen molar-refractivity contribution in [3.63, 3.8) is 0 Å². The molecule has 1 fully saturated rings. The molecule has 98 valence electrons. The number of thiazole rings is 1. The van der Waals surface area contributed by atoms with E-state index in [1.165, 1.54) is 22.3 Å². The first-order valence-corrected chi connectivity index (χ1v) is 6.80. The van der Waals surface area contributed by atoms with Gasteiger partial charge in [0.05, 0.1) is 18.7 Å². The van der Waals surface area contributed by atoms with E-state index in [0.717, 1.165) is 5.69 Å². The molecule has 0 spiro atoms. The minimum absolute atomic E-state index is 0.164. The Kier molecular flexibility index (Phi) is 4.15. The third-order valence-electron chi connectivity index (χ3n) is 2.74. The van der Waals surface area contributed by atoms with Crippen molar-refractivity contribution in [3.05, 3.63) is 27.7 Å². The van der Waals surface area contributed by atoms with Crippen LogP contribution in [0.5, 0.6) is 0 Å². The number of aliphatic hydroxyl groups excluding tert-OH is 1. The first-order chi connectivity index (χ1) is 8.61. The lowest BCUT2D eigenvalue weighted by Crippen LogP contribution is -2.32. The summed E-state index contributed by atoms with van der Waals surface area (Å²) in [5.41, 5.74) is 0.845. The van der Waals surface area contributed by atoms with Crippen LogP contribution in [0.25, 0.3) is 0 Å². The highest BCUT2D eigenvalue weighted by Gasteiger charge is 2.36. The minimum atomic E-state index is -0.534. The molecule has 0 aliphatic carbocycles. The number of aromatic nitrogens is 1. The van der Waals surface area contributed by atoms with Crippen molar-refractivity contribution >= 4 is 29.6 Å². The fourth-order valence-electron chi connectivity index (χ4n) is 1.98. The molecule has 1 aliphatic heterocycles. The van der Waals surface area contributed by atoms with Crippen molar-refractivity contribution in [2.45, 2.75) is 18.6 Å². The highest BCUT2D eigenvalue weighted by atomic mass is 32.1. The molecule has 2 heterocycles. The number of aromatic amines is 1. The number of amides is 1. The van der Waals surface area contributed by atoms with Crippen molar-refractivity contribution in [1.82, 2.24) is 9.88 Å². The fourth-order valence-corrected chi connectivity index (χ4v) is 2.87. The van der Waals surface area contributed by atoms with Crippen molar-refractivity contribution in [2.75, 3.05) is 13.2 Å². The minimum Gasteiger partial charge on any atom is -0.445 e. The van der Waals surface area contributed by atoms with Crippen LogP contribution in [0.3, 0.4) is 0 Å². The number of nitrogens with zero attached hydrogens (tertiary/aromatic N) is 1. The summed E-state index contributed by atoms with van der Waals surface area (Å²) in [7, 11) is 0. The van der Waals surface area contributed by atoms with Crippen LogP contribution in [0, 0.1) is 3.95 Å². The fraction of sp³-hybridized carbons (Fsp3) is 0.455. The first-order valence-electron chi connectivity index (χ1n) is 5.52. The maximum Gasteiger partial charge on any atom is 0.410 e. The second-order valence-electron chi connectivity index (χ2n) is 4.03. The molecule has 5 nitrogen and oxygen atoms in total. The maximum absolute atomic E-state index is 11.8. The number of hydrogen-bond donors (Lipinski definition) is 2. The van der Waals surface area contributed by atoms with Gasteiger partial charge in [-0.25, -0.2) is 4.79 Å². The number of carbonyl (C=O) groups excluding carboxylic acids is 1. The summed E-state index contributed by atoms with van der Waals surface area (Å²) in [6.45, 7) is 3.93. The largest absolute Gasteiger partial charge is 0.445 e. The summed E-state index contributed by atoms with van der Waals surface area (Å²) < 4.78 is 5.66. The Hall–Kier alpha value is -1.18. The predicted molar refractivity (Wildman–Crippen MR) is 71.1 cm³/mol. The molecule has 0 saturated carbocycles. The van der Waals surface area contributed by atoms with E-state index in [9.17, 15) is 9.90 Å². The van der Waals surface area contributed by atoms with Crippen LogP contribution in [0.15, 0.2) is 18.0 Å². The topological polar surface area (TPSA) is 65.6 Å². The zero-order valence-corrected chi connectivity index (χ0v) is 11.3. The highest BCUT2D eigenvalue weighted by Crippen LogP contribution is 2.32. The second-order valence-corrected chi connectivity index (χ2v) is 5.57. The number of aliphatic hydroxyl groups is 1. The SMILES string of the molecule is C=CCOC(=O)N1C[C@@H](O)C[C@H]1c1csc(=S)[nH]1. The number of carbonyl (C=O) groups is 1. The summed E-state index contributed by atoms with van der Waals surface area (Å²) >= 11 is 6.43. The Morgan fingerprint density at radius 2 is 2.61 bits per heavy atom. The van der Waals surface area contributed by atoms with Crippen LogP contribution >= 0.6 is 23.6 Å². The molecule has 1 saturated heterocycles. The van der Waals surface area contributed by atoms with Gasteiger partial charge in [-0.1, -0.05) is 12.7 Å². The molecular weight excluding hydrogens is 272 g/mol. The van der Waals surface area contributed by atoms with Crippen molar-refractivity contribution in [1.29, 1.82) is 0 Å². The van der Waals surface area contributed by atoms with Crippen LogP contribution in [0.2, 0.25) is 0 Å². The van der Waals surface area contributed by atoms with Crippen molar-refractivity contribution in [2.24, 2.45) is 0 Å². The smallest absolute Gasteiger partial charge is 0.410 e. The van der Waals surface area contributed by atoms with E-state index in [4.69, 9.17) is 17.0 Å². The number of hydrogen-bond acceptors (Lipinski definition) is 5. The molecule has 18 heavy (non-hydrogen) atoms.